The highest BCUT2D eigenvalue weighted by Gasteiger charge is 2.31. The van der Waals surface area contributed by atoms with Crippen LogP contribution in [0.15, 0.2) is 77.4 Å². The molecule has 0 amide bonds. The van der Waals surface area contributed by atoms with Crippen molar-refractivity contribution in [3.05, 3.63) is 83.5 Å². The quantitative estimate of drug-likeness (QED) is 0.814. The van der Waals surface area contributed by atoms with E-state index in [9.17, 15) is 0 Å². The number of hydrogen-bond acceptors (Lipinski definition) is 4. The molecule has 25 heavy (non-hydrogen) atoms. The van der Waals surface area contributed by atoms with Gasteiger partial charge in [-0.3, -0.25) is 0 Å². The summed E-state index contributed by atoms with van der Waals surface area (Å²) in [5.74, 6) is 0.854. The highest BCUT2D eigenvalue weighted by Crippen LogP contribution is 2.41. The number of allylic oxidation sites excluding steroid dienone is 4. The molecule has 0 aliphatic carbocycles. The zero-order chi connectivity index (χ0) is 17.4. The number of benzene rings is 1. The summed E-state index contributed by atoms with van der Waals surface area (Å²) in [5, 5.41) is 0. The molecule has 2 aliphatic heterocycles. The van der Waals surface area contributed by atoms with E-state index >= 15 is 0 Å². The maximum Gasteiger partial charge on any atom is 0.162 e. The smallest absolute Gasteiger partial charge is 0.162 e. The van der Waals surface area contributed by atoms with Crippen molar-refractivity contribution in [1.82, 2.24) is 9.97 Å². The van der Waals surface area contributed by atoms with Gasteiger partial charge in [0.1, 0.15) is 12.0 Å². The van der Waals surface area contributed by atoms with E-state index < -0.39 is 0 Å². The molecule has 1 saturated heterocycles. The summed E-state index contributed by atoms with van der Waals surface area (Å²) < 4.78 is 0. The van der Waals surface area contributed by atoms with Crippen LogP contribution in [0.5, 0.6) is 0 Å². The van der Waals surface area contributed by atoms with Gasteiger partial charge in [-0.15, -0.1) is 0 Å². The second-order valence-electron chi connectivity index (χ2n) is 6.33. The maximum atomic E-state index is 4.96. The van der Waals surface area contributed by atoms with Crippen LogP contribution in [0, 0.1) is 6.92 Å². The lowest BCUT2D eigenvalue weighted by Crippen LogP contribution is -2.19. The predicted octanol–water partition coefficient (Wildman–Crippen LogP) is 4.52. The molecule has 2 aromatic rings. The Hall–Kier alpha value is -3.01. The van der Waals surface area contributed by atoms with Gasteiger partial charge in [0, 0.05) is 17.7 Å². The van der Waals surface area contributed by atoms with E-state index in [1.807, 2.05) is 6.92 Å². The fourth-order valence-corrected chi connectivity index (χ4v) is 3.37. The summed E-state index contributed by atoms with van der Waals surface area (Å²) in [4.78, 5) is 15.9. The van der Waals surface area contributed by atoms with Gasteiger partial charge in [0.25, 0.3) is 0 Å². The topological polar surface area (TPSA) is 41.4 Å². The lowest BCUT2D eigenvalue weighted by Gasteiger charge is -2.20. The van der Waals surface area contributed by atoms with Gasteiger partial charge in [0.15, 0.2) is 5.82 Å². The Bertz CT molecular complexity index is 933. The molecule has 0 saturated carbocycles. The molecule has 4 heteroatoms. The predicted molar refractivity (Wildman–Crippen MR) is 102 cm³/mol. The molecule has 0 N–H and O–H groups in total. The van der Waals surface area contributed by atoms with Crippen LogP contribution >= 0.6 is 0 Å². The minimum atomic E-state index is 0.796. The van der Waals surface area contributed by atoms with Crippen LogP contribution in [0.4, 0.5) is 11.5 Å². The van der Waals surface area contributed by atoms with Gasteiger partial charge in [-0.05, 0) is 25.8 Å². The Morgan fingerprint density at radius 2 is 2.00 bits per heavy atom. The van der Waals surface area contributed by atoms with Gasteiger partial charge in [-0.1, -0.05) is 48.6 Å². The van der Waals surface area contributed by atoms with Crippen LogP contribution in [0.1, 0.15) is 24.5 Å². The summed E-state index contributed by atoms with van der Waals surface area (Å²) in [6, 6.07) is 8.47. The number of anilines is 1. The number of nitrogens with zero attached hydrogens (tertiary/aromatic N) is 4. The molecular weight excluding hydrogens is 308 g/mol. The van der Waals surface area contributed by atoms with Crippen LogP contribution in [-0.2, 0) is 0 Å². The first-order valence-electron chi connectivity index (χ1n) is 8.48. The highest BCUT2D eigenvalue weighted by molar-refractivity contribution is 6.17. The van der Waals surface area contributed by atoms with Crippen molar-refractivity contribution in [2.75, 3.05) is 11.4 Å². The van der Waals surface area contributed by atoms with Crippen LogP contribution < -0.4 is 4.90 Å². The molecule has 0 unspecified atom stereocenters. The molecule has 0 spiro atoms. The Balaban J connectivity index is 2.03. The van der Waals surface area contributed by atoms with E-state index in [0.717, 1.165) is 52.6 Å². The van der Waals surface area contributed by atoms with Crippen molar-refractivity contribution in [3.63, 3.8) is 0 Å². The largest absolute Gasteiger partial charge is 0.323 e. The SMILES string of the molecule is C=C1CCN2C1=C(/C=C\C)C(c1ccc(C)cc1)=Nc1cncnc12. The molecule has 1 aromatic heterocycles. The maximum absolute atomic E-state index is 4.96. The standard InChI is InChI=1S/C21H20N4/c1-4-5-17-19(16-8-6-14(2)7-9-16)24-18-12-22-13-23-21(18)25-11-10-15(3)20(17)25/h4-9,12-13H,3,10-11H2,1-2H3/b5-4-. The molecule has 2 aliphatic rings. The summed E-state index contributed by atoms with van der Waals surface area (Å²) in [6.45, 7) is 9.29. The summed E-state index contributed by atoms with van der Waals surface area (Å²) >= 11 is 0. The van der Waals surface area contributed by atoms with E-state index in [-0.39, 0.29) is 0 Å². The van der Waals surface area contributed by atoms with Gasteiger partial charge in [-0.2, -0.15) is 0 Å². The summed E-state index contributed by atoms with van der Waals surface area (Å²) in [6.07, 6.45) is 8.47. The van der Waals surface area contributed by atoms with E-state index in [1.165, 1.54) is 5.56 Å². The van der Waals surface area contributed by atoms with Crippen LogP contribution in [-0.4, -0.2) is 22.2 Å². The Morgan fingerprint density at radius 3 is 2.76 bits per heavy atom. The monoisotopic (exact) mass is 328 g/mol. The van der Waals surface area contributed by atoms with Gasteiger partial charge in [-0.25, -0.2) is 15.0 Å². The fraction of sp³-hybridized carbons (Fsp3) is 0.190. The average Bonchev–Trinajstić information content (AvgIpc) is 2.94. The number of aliphatic imine (C=N–C) groups is 1. The van der Waals surface area contributed by atoms with Crippen molar-refractivity contribution in [1.29, 1.82) is 0 Å². The van der Waals surface area contributed by atoms with Crippen molar-refractivity contribution in [2.45, 2.75) is 20.3 Å². The zero-order valence-corrected chi connectivity index (χ0v) is 14.5. The molecular formula is C21H20N4. The Kier molecular flexibility index (Phi) is 3.80. The lowest BCUT2D eigenvalue weighted by molar-refractivity contribution is 0.963. The van der Waals surface area contributed by atoms with E-state index in [4.69, 9.17) is 4.99 Å². The lowest BCUT2D eigenvalue weighted by atomic mass is 9.97. The normalized spacial score (nSPS) is 16.8. The second kappa shape index (κ2) is 6.13. The Morgan fingerprint density at radius 1 is 1.20 bits per heavy atom. The molecule has 0 bridgehead atoms. The summed E-state index contributed by atoms with van der Waals surface area (Å²) in [5.41, 5.74) is 7.39. The van der Waals surface area contributed by atoms with Crippen molar-refractivity contribution in [2.24, 2.45) is 4.99 Å². The molecule has 4 rings (SSSR count). The number of rotatable bonds is 2. The molecule has 1 aromatic carbocycles. The molecule has 4 nitrogen and oxygen atoms in total. The third kappa shape index (κ3) is 2.60. The number of aromatic nitrogens is 2. The zero-order valence-electron chi connectivity index (χ0n) is 14.5. The van der Waals surface area contributed by atoms with E-state index in [2.05, 4.69) is 64.8 Å². The van der Waals surface area contributed by atoms with Gasteiger partial charge >= 0.3 is 0 Å². The van der Waals surface area contributed by atoms with Crippen molar-refractivity contribution in [3.8, 4) is 0 Å². The molecule has 0 atom stereocenters. The molecule has 0 radical (unpaired) electrons. The van der Waals surface area contributed by atoms with Crippen LogP contribution in [0.3, 0.4) is 0 Å². The second-order valence-corrected chi connectivity index (χ2v) is 6.33. The Labute approximate surface area is 148 Å². The fourth-order valence-electron chi connectivity index (χ4n) is 3.37. The van der Waals surface area contributed by atoms with Crippen molar-refractivity contribution >= 4 is 17.2 Å². The molecule has 1 fully saturated rings. The first kappa shape index (κ1) is 15.5. The van der Waals surface area contributed by atoms with Gasteiger partial charge in [0.05, 0.1) is 17.6 Å². The van der Waals surface area contributed by atoms with E-state index in [1.54, 1.807) is 12.5 Å². The van der Waals surface area contributed by atoms with Crippen LogP contribution in [0.2, 0.25) is 0 Å². The minimum Gasteiger partial charge on any atom is -0.323 e. The van der Waals surface area contributed by atoms with Crippen LogP contribution in [0.25, 0.3) is 0 Å². The van der Waals surface area contributed by atoms with Gasteiger partial charge in [0.2, 0.25) is 0 Å². The minimum absolute atomic E-state index is 0.796. The first-order chi connectivity index (χ1) is 12.2. The third-order valence-electron chi connectivity index (χ3n) is 4.57. The molecule has 3 heterocycles. The molecule has 124 valence electrons. The first-order valence-corrected chi connectivity index (χ1v) is 8.48. The number of fused-ring (bicyclic) bond motifs is 3. The number of aryl methyl sites for hydroxylation is 1. The number of hydrogen-bond donors (Lipinski definition) is 0. The average molecular weight is 328 g/mol. The highest BCUT2D eigenvalue weighted by atomic mass is 15.2. The van der Waals surface area contributed by atoms with Crippen molar-refractivity contribution < 1.29 is 0 Å². The third-order valence-corrected chi connectivity index (χ3v) is 4.57. The van der Waals surface area contributed by atoms with E-state index in [0.29, 0.717) is 0 Å². The van der Waals surface area contributed by atoms with Gasteiger partial charge < -0.3 is 4.90 Å². The summed E-state index contributed by atoms with van der Waals surface area (Å²) in [7, 11) is 0.